The number of ether oxygens (including phenoxy) is 1. The second-order valence-corrected chi connectivity index (χ2v) is 2.54. The van der Waals surface area contributed by atoms with Gasteiger partial charge in [0.05, 0.1) is 0 Å². The first kappa shape index (κ1) is 5.98. The topological polar surface area (TPSA) is 33.6 Å². The van der Waals surface area contributed by atoms with Crippen LogP contribution in [0.4, 0.5) is 0 Å². The normalized spacial score (nSPS) is 35.6. The van der Waals surface area contributed by atoms with E-state index in [1.165, 1.54) is 0 Å². The second-order valence-electron chi connectivity index (χ2n) is 1.50. The van der Waals surface area contributed by atoms with E-state index >= 15 is 0 Å². The number of halogens is 2. The number of nitrogens with one attached hydrogen (secondary N) is 1. The molecule has 1 heterocycles. The van der Waals surface area contributed by atoms with Gasteiger partial charge in [-0.3, -0.25) is 5.43 Å². The molecule has 1 aliphatic rings. The van der Waals surface area contributed by atoms with Gasteiger partial charge in [-0.2, -0.15) is 0 Å². The summed E-state index contributed by atoms with van der Waals surface area (Å²) in [5, 5.41) is 2.56. The van der Waals surface area contributed by atoms with E-state index in [1.54, 1.807) is 6.92 Å². The lowest BCUT2D eigenvalue weighted by Crippen LogP contribution is -2.29. The van der Waals surface area contributed by atoms with E-state index in [2.05, 4.69) is 10.5 Å². The van der Waals surface area contributed by atoms with E-state index in [1.807, 2.05) is 0 Å². The Morgan fingerprint density at radius 2 is 2.50 bits per heavy atom. The third-order valence-electron chi connectivity index (χ3n) is 0.619. The summed E-state index contributed by atoms with van der Waals surface area (Å²) in [5.41, 5.74) is 2.44. The van der Waals surface area contributed by atoms with Crippen molar-refractivity contribution in [3.63, 3.8) is 0 Å². The quantitative estimate of drug-likeness (QED) is 0.418. The molecule has 0 aromatic heterocycles. The van der Waals surface area contributed by atoms with Crippen molar-refractivity contribution in [2.45, 2.75) is 12.1 Å². The van der Waals surface area contributed by atoms with Gasteiger partial charge in [-0.25, -0.2) is 0 Å². The largest absolute Gasteiger partial charge is 0.426 e. The number of hydrogen-bond acceptors (Lipinski definition) is 3. The number of hydrogen-bond donors (Lipinski definition) is 1. The molecule has 1 N–H and O–H groups in total. The molecule has 1 aliphatic heterocycles. The predicted molar refractivity (Wildman–Crippen MR) is 31.8 cm³/mol. The summed E-state index contributed by atoms with van der Waals surface area (Å²) >= 11 is 10.8. The van der Waals surface area contributed by atoms with Crippen LogP contribution in [0.3, 0.4) is 0 Å². The first-order chi connectivity index (χ1) is 3.60. The summed E-state index contributed by atoms with van der Waals surface area (Å²) in [6.45, 7) is 1.60. The van der Waals surface area contributed by atoms with Gasteiger partial charge in [0.1, 0.15) is 0 Å². The van der Waals surface area contributed by atoms with Crippen molar-refractivity contribution in [1.82, 2.24) is 5.43 Å². The van der Waals surface area contributed by atoms with Crippen LogP contribution in [-0.4, -0.2) is 10.5 Å². The van der Waals surface area contributed by atoms with Crippen molar-refractivity contribution in [1.29, 1.82) is 0 Å². The Morgan fingerprint density at radius 3 is 2.62 bits per heavy atom. The molecular formula is C3H4Cl2N2O. The number of alkyl halides is 1. The Balaban J connectivity index is 2.55. The van der Waals surface area contributed by atoms with Crippen LogP contribution in [0, 0.1) is 0 Å². The lowest BCUT2D eigenvalue weighted by molar-refractivity contribution is 0.166. The molecule has 0 bridgehead atoms. The molecule has 1 rings (SSSR count). The Bertz CT molecular complexity index is 133. The number of hydrazone groups is 1. The minimum atomic E-state index is -0.947. The highest BCUT2D eigenvalue weighted by molar-refractivity contribution is 6.63. The van der Waals surface area contributed by atoms with Gasteiger partial charge in [-0.15, -0.1) is 5.10 Å². The highest BCUT2D eigenvalue weighted by Gasteiger charge is 2.28. The van der Waals surface area contributed by atoms with Crippen LogP contribution in [0.1, 0.15) is 6.92 Å². The van der Waals surface area contributed by atoms with Crippen LogP contribution >= 0.6 is 23.2 Å². The van der Waals surface area contributed by atoms with E-state index in [9.17, 15) is 0 Å². The van der Waals surface area contributed by atoms with Crippen molar-refractivity contribution in [3.8, 4) is 0 Å². The predicted octanol–water partition coefficient (Wildman–Crippen LogP) is 1.03. The fourth-order valence-electron chi connectivity index (χ4n) is 0.348. The lowest BCUT2D eigenvalue weighted by atomic mass is 10.7. The summed E-state index contributed by atoms with van der Waals surface area (Å²) < 4.78 is 4.72. The molecule has 0 aromatic carbocycles. The number of nitrogens with zero attached hydrogens (tertiary/aromatic N) is 1. The van der Waals surface area contributed by atoms with Crippen LogP contribution in [0.5, 0.6) is 0 Å². The lowest BCUT2D eigenvalue weighted by Gasteiger charge is -2.11. The van der Waals surface area contributed by atoms with Gasteiger partial charge in [0.15, 0.2) is 0 Å². The average molecular weight is 155 g/mol. The summed E-state index contributed by atoms with van der Waals surface area (Å²) in [7, 11) is 0. The summed E-state index contributed by atoms with van der Waals surface area (Å²) in [6, 6.07) is 0. The Hall–Kier alpha value is -0.150. The van der Waals surface area contributed by atoms with Crippen molar-refractivity contribution in [3.05, 3.63) is 0 Å². The first-order valence-corrected chi connectivity index (χ1v) is 2.74. The van der Waals surface area contributed by atoms with Gasteiger partial charge in [-0.1, -0.05) is 0 Å². The molecule has 0 aliphatic carbocycles. The van der Waals surface area contributed by atoms with E-state index in [-0.39, 0.29) is 5.36 Å². The third-order valence-corrected chi connectivity index (χ3v) is 0.943. The molecule has 0 fully saturated rings. The Labute approximate surface area is 56.6 Å². The molecule has 1 atom stereocenters. The molecule has 0 saturated carbocycles. The average Bonchev–Trinajstić information content (AvgIpc) is 1.82. The third kappa shape index (κ3) is 1.17. The standard InChI is InChI=1S/C3H4Cl2N2O/c1-3(5)7-6-2(4)8-3/h7H,1H3. The van der Waals surface area contributed by atoms with E-state index in [0.717, 1.165) is 0 Å². The SMILES string of the molecule is CC1(Cl)NN=C(Cl)O1. The number of rotatable bonds is 0. The van der Waals surface area contributed by atoms with Crippen LogP contribution in [0.2, 0.25) is 0 Å². The van der Waals surface area contributed by atoms with Gasteiger partial charge in [0, 0.05) is 6.92 Å². The molecule has 5 heteroatoms. The van der Waals surface area contributed by atoms with E-state index in [4.69, 9.17) is 27.9 Å². The molecule has 3 nitrogen and oxygen atoms in total. The monoisotopic (exact) mass is 154 g/mol. The minimum absolute atomic E-state index is 0.0440. The van der Waals surface area contributed by atoms with Gasteiger partial charge in [0.2, 0.25) is 0 Å². The molecule has 0 saturated heterocycles. The van der Waals surface area contributed by atoms with E-state index in [0.29, 0.717) is 0 Å². The zero-order valence-electron chi connectivity index (χ0n) is 4.11. The molecule has 0 spiro atoms. The van der Waals surface area contributed by atoms with Gasteiger partial charge in [0.25, 0.3) is 5.18 Å². The van der Waals surface area contributed by atoms with Crippen molar-refractivity contribution in [2.75, 3.05) is 0 Å². The molecule has 0 amide bonds. The fraction of sp³-hybridized carbons (Fsp3) is 0.667. The first-order valence-electron chi connectivity index (χ1n) is 1.98. The van der Waals surface area contributed by atoms with Gasteiger partial charge < -0.3 is 4.74 Å². The Kier molecular flexibility index (Phi) is 1.25. The second kappa shape index (κ2) is 1.67. The van der Waals surface area contributed by atoms with E-state index < -0.39 is 5.18 Å². The Morgan fingerprint density at radius 1 is 1.88 bits per heavy atom. The van der Waals surface area contributed by atoms with Crippen LogP contribution < -0.4 is 5.43 Å². The van der Waals surface area contributed by atoms with Crippen molar-refractivity contribution >= 4 is 28.6 Å². The molecule has 8 heavy (non-hydrogen) atoms. The maximum atomic E-state index is 5.53. The molecule has 0 radical (unpaired) electrons. The minimum Gasteiger partial charge on any atom is -0.426 e. The summed E-state index contributed by atoms with van der Waals surface area (Å²) in [5.74, 6) is 0. The van der Waals surface area contributed by atoms with Crippen LogP contribution in [0.15, 0.2) is 5.10 Å². The smallest absolute Gasteiger partial charge is 0.307 e. The zero-order valence-corrected chi connectivity index (χ0v) is 5.62. The highest BCUT2D eigenvalue weighted by atomic mass is 35.5. The summed E-state index contributed by atoms with van der Waals surface area (Å²) in [6.07, 6.45) is 0. The molecule has 46 valence electrons. The fourth-order valence-corrected chi connectivity index (χ4v) is 0.699. The molecule has 1 unspecified atom stereocenters. The summed E-state index contributed by atoms with van der Waals surface area (Å²) in [4.78, 5) is 0. The van der Waals surface area contributed by atoms with Crippen LogP contribution in [0.25, 0.3) is 0 Å². The van der Waals surface area contributed by atoms with Crippen LogP contribution in [-0.2, 0) is 4.74 Å². The maximum absolute atomic E-state index is 5.53. The molecular weight excluding hydrogens is 151 g/mol. The molecule has 0 aromatic rings. The van der Waals surface area contributed by atoms with Crippen molar-refractivity contribution in [2.24, 2.45) is 5.10 Å². The highest BCUT2D eigenvalue weighted by Crippen LogP contribution is 2.18. The van der Waals surface area contributed by atoms with Gasteiger partial charge >= 0.3 is 5.36 Å². The van der Waals surface area contributed by atoms with Crippen molar-refractivity contribution < 1.29 is 4.74 Å². The maximum Gasteiger partial charge on any atom is 0.307 e. The zero-order chi connectivity index (χ0) is 6.20. The van der Waals surface area contributed by atoms with Gasteiger partial charge in [-0.05, 0) is 23.2 Å².